The Morgan fingerprint density at radius 2 is 1.41 bits per heavy atom. The predicted octanol–water partition coefficient (Wildman–Crippen LogP) is 9.18. The van der Waals surface area contributed by atoms with E-state index in [9.17, 15) is 5.26 Å². The third-order valence-corrected chi connectivity index (χ3v) is 7.85. The van der Waals surface area contributed by atoms with Gasteiger partial charge in [-0.25, -0.2) is 9.97 Å². The Kier molecular flexibility index (Phi) is 11.1. The monoisotopic (exact) mass is 459 g/mol. The van der Waals surface area contributed by atoms with Crippen molar-refractivity contribution in [1.29, 1.82) is 5.26 Å². The van der Waals surface area contributed by atoms with Crippen molar-refractivity contribution in [1.82, 2.24) is 9.97 Å². The van der Waals surface area contributed by atoms with Gasteiger partial charge in [-0.15, -0.1) is 0 Å². The molecule has 1 aromatic heterocycles. The highest BCUT2D eigenvalue weighted by Gasteiger charge is 2.35. The predicted molar refractivity (Wildman–Crippen MR) is 143 cm³/mol. The summed E-state index contributed by atoms with van der Waals surface area (Å²) >= 11 is 0. The molecule has 1 aromatic carbocycles. The first kappa shape index (κ1) is 26.4. The van der Waals surface area contributed by atoms with Gasteiger partial charge in [0.05, 0.1) is 11.5 Å². The van der Waals surface area contributed by atoms with Crippen LogP contribution in [0.1, 0.15) is 127 Å². The molecule has 3 nitrogen and oxygen atoms in total. The highest BCUT2D eigenvalue weighted by Crippen LogP contribution is 2.45. The van der Waals surface area contributed by atoms with Crippen LogP contribution in [0.4, 0.5) is 0 Å². The van der Waals surface area contributed by atoms with E-state index < -0.39 is 0 Å². The van der Waals surface area contributed by atoms with Gasteiger partial charge in [0.1, 0.15) is 0 Å². The van der Waals surface area contributed by atoms with E-state index in [1.165, 1.54) is 75.3 Å². The summed E-state index contributed by atoms with van der Waals surface area (Å²) in [5, 5.41) is 9.90. The van der Waals surface area contributed by atoms with Gasteiger partial charge in [-0.1, -0.05) is 95.9 Å². The van der Waals surface area contributed by atoms with E-state index in [2.05, 4.69) is 54.2 Å². The van der Waals surface area contributed by atoms with Crippen LogP contribution in [0, 0.1) is 16.7 Å². The van der Waals surface area contributed by atoms with Crippen LogP contribution in [0.5, 0.6) is 0 Å². The maximum absolute atomic E-state index is 9.90. The number of benzene rings is 1. The topological polar surface area (TPSA) is 49.6 Å². The summed E-state index contributed by atoms with van der Waals surface area (Å²) in [6.45, 7) is 4.51. The van der Waals surface area contributed by atoms with Crippen molar-refractivity contribution in [3.05, 3.63) is 47.8 Å². The van der Waals surface area contributed by atoms with Crippen molar-refractivity contribution < 1.29 is 0 Å². The molecule has 0 spiro atoms. The molecule has 1 aliphatic rings. The van der Waals surface area contributed by atoms with Crippen molar-refractivity contribution in [2.45, 2.75) is 122 Å². The number of aromatic nitrogens is 2. The number of nitriles is 1. The zero-order valence-corrected chi connectivity index (χ0v) is 21.7. The Morgan fingerprint density at radius 1 is 0.824 bits per heavy atom. The van der Waals surface area contributed by atoms with Gasteiger partial charge in [-0.05, 0) is 62.0 Å². The van der Waals surface area contributed by atoms with E-state index in [0.717, 1.165) is 49.9 Å². The highest BCUT2D eigenvalue weighted by molar-refractivity contribution is 5.55. The molecule has 2 aromatic rings. The second kappa shape index (κ2) is 14.2. The van der Waals surface area contributed by atoms with E-state index in [0.29, 0.717) is 5.92 Å². The van der Waals surface area contributed by atoms with Crippen molar-refractivity contribution in [3.8, 4) is 17.5 Å². The minimum Gasteiger partial charge on any atom is -0.236 e. The molecule has 0 unspecified atom stereocenters. The van der Waals surface area contributed by atoms with Gasteiger partial charge >= 0.3 is 0 Å². The summed E-state index contributed by atoms with van der Waals surface area (Å²) in [5.41, 5.74) is 3.66. The fourth-order valence-corrected chi connectivity index (χ4v) is 5.46. The molecule has 34 heavy (non-hydrogen) atoms. The number of hydrogen-bond acceptors (Lipinski definition) is 3. The van der Waals surface area contributed by atoms with Crippen LogP contribution in [-0.4, -0.2) is 9.97 Å². The molecule has 1 heterocycles. The molecule has 1 fully saturated rings. The summed E-state index contributed by atoms with van der Waals surface area (Å²) in [6.07, 6.45) is 23.4. The first-order chi connectivity index (χ1) is 16.7. The number of nitrogens with zero attached hydrogens (tertiary/aromatic N) is 3. The first-order valence-corrected chi connectivity index (χ1v) is 14.0. The fourth-order valence-electron chi connectivity index (χ4n) is 5.46. The highest BCUT2D eigenvalue weighted by atomic mass is 14.9. The molecule has 0 atom stereocenters. The van der Waals surface area contributed by atoms with E-state index >= 15 is 0 Å². The van der Waals surface area contributed by atoms with Crippen LogP contribution < -0.4 is 0 Å². The summed E-state index contributed by atoms with van der Waals surface area (Å²) in [5.74, 6) is 1.39. The van der Waals surface area contributed by atoms with E-state index in [1.807, 2.05) is 12.4 Å². The Bertz CT molecular complexity index is 855. The smallest absolute Gasteiger partial charge is 0.159 e. The van der Waals surface area contributed by atoms with Crippen LogP contribution in [0.2, 0.25) is 0 Å². The molecule has 3 heteroatoms. The van der Waals surface area contributed by atoms with Gasteiger partial charge in [-0.2, -0.15) is 5.26 Å². The van der Waals surface area contributed by atoms with Crippen molar-refractivity contribution in [2.75, 3.05) is 0 Å². The van der Waals surface area contributed by atoms with E-state index in [4.69, 9.17) is 0 Å². The average molecular weight is 460 g/mol. The zero-order chi connectivity index (χ0) is 24.1. The molecule has 0 saturated heterocycles. The van der Waals surface area contributed by atoms with E-state index in [1.54, 1.807) is 0 Å². The number of unbranched alkanes of at least 4 members (excludes halogenated alkanes) is 8. The Morgan fingerprint density at radius 3 is 2.00 bits per heavy atom. The van der Waals surface area contributed by atoms with Gasteiger partial charge in [0.15, 0.2) is 5.82 Å². The zero-order valence-electron chi connectivity index (χ0n) is 21.7. The lowest BCUT2D eigenvalue weighted by Crippen LogP contribution is -2.25. The molecule has 0 bridgehead atoms. The fraction of sp³-hybridized carbons (Fsp3) is 0.645. The van der Waals surface area contributed by atoms with Crippen molar-refractivity contribution in [3.63, 3.8) is 0 Å². The molecule has 1 saturated carbocycles. The molecule has 0 amide bonds. The second-order valence-electron chi connectivity index (χ2n) is 10.5. The van der Waals surface area contributed by atoms with Gasteiger partial charge in [-0.3, -0.25) is 0 Å². The molecule has 1 aliphatic carbocycles. The van der Waals surface area contributed by atoms with Crippen LogP contribution in [0.15, 0.2) is 36.7 Å². The largest absolute Gasteiger partial charge is 0.236 e. The maximum Gasteiger partial charge on any atom is 0.159 e. The number of aryl methyl sites for hydroxylation is 1. The maximum atomic E-state index is 9.90. The summed E-state index contributed by atoms with van der Waals surface area (Å²) < 4.78 is 0. The number of hydrogen-bond donors (Lipinski definition) is 0. The lowest BCUT2D eigenvalue weighted by atomic mass is 9.67. The summed E-state index contributed by atoms with van der Waals surface area (Å²) in [6, 6.07) is 11.6. The summed E-state index contributed by atoms with van der Waals surface area (Å²) in [4.78, 5) is 9.27. The second-order valence-corrected chi connectivity index (χ2v) is 10.5. The average Bonchev–Trinajstić information content (AvgIpc) is 2.89. The minimum absolute atomic E-state index is 0.0752. The van der Waals surface area contributed by atoms with Crippen LogP contribution in [-0.2, 0) is 6.42 Å². The SMILES string of the molecule is CCCCCCCc1cnc(-c2ccc(C3CCC(C#N)(CCCCCCC)CC3)cc2)nc1. The van der Waals surface area contributed by atoms with Crippen LogP contribution >= 0.6 is 0 Å². The first-order valence-electron chi connectivity index (χ1n) is 14.0. The third-order valence-electron chi connectivity index (χ3n) is 7.85. The van der Waals surface area contributed by atoms with E-state index in [-0.39, 0.29) is 5.41 Å². The molecular weight excluding hydrogens is 414 g/mol. The molecule has 3 rings (SSSR count). The van der Waals surface area contributed by atoms with Gasteiger partial charge in [0.2, 0.25) is 0 Å². The van der Waals surface area contributed by atoms with Gasteiger partial charge in [0, 0.05) is 18.0 Å². The Labute approximate surface area is 208 Å². The van der Waals surface area contributed by atoms with Crippen LogP contribution in [0.25, 0.3) is 11.4 Å². The third kappa shape index (κ3) is 7.93. The standard InChI is InChI=1S/C31H45N3/c1-3-5-7-9-11-13-26-23-33-30(34-24-26)29-16-14-27(15-17-29)28-18-21-31(25-32,22-19-28)20-12-10-8-6-4-2/h14-17,23-24,28H,3-13,18-22H2,1-2H3. The molecule has 184 valence electrons. The Hall–Kier alpha value is -2.21. The van der Waals surface area contributed by atoms with Gasteiger partial charge in [0.25, 0.3) is 0 Å². The lowest BCUT2D eigenvalue weighted by Gasteiger charge is -2.35. The summed E-state index contributed by atoms with van der Waals surface area (Å²) in [7, 11) is 0. The van der Waals surface area contributed by atoms with Gasteiger partial charge < -0.3 is 0 Å². The van der Waals surface area contributed by atoms with Crippen molar-refractivity contribution in [2.24, 2.45) is 5.41 Å². The molecule has 0 aliphatic heterocycles. The van der Waals surface area contributed by atoms with Crippen LogP contribution in [0.3, 0.4) is 0 Å². The molecule has 0 N–H and O–H groups in total. The van der Waals surface area contributed by atoms with Crippen molar-refractivity contribution >= 4 is 0 Å². The molecule has 0 radical (unpaired) electrons. The lowest BCUT2D eigenvalue weighted by molar-refractivity contribution is 0.223. The quantitative estimate of drug-likeness (QED) is 0.264. The normalized spacial score (nSPS) is 20.2. The molecular formula is C31H45N3. The minimum atomic E-state index is -0.0752. The Balaban J connectivity index is 1.48. The number of rotatable bonds is 14.